The number of nitrogens with one attached hydrogen (secondary N) is 2. The second kappa shape index (κ2) is 10.3. The van der Waals surface area contributed by atoms with E-state index < -0.39 is 0 Å². The molecule has 2 fully saturated rings. The zero-order valence-corrected chi connectivity index (χ0v) is 19.2. The molecule has 0 spiro atoms. The van der Waals surface area contributed by atoms with Crippen LogP contribution >= 0.6 is 0 Å². The summed E-state index contributed by atoms with van der Waals surface area (Å²) < 4.78 is 20.6. The van der Waals surface area contributed by atoms with Crippen molar-refractivity contribution in [3.05, 3.63) is 66.1 Å². The number of benzene rings is 2. The van der Waals surface area contributed by atoms with E-state index in [1.54, 1.807) is 18.3 Å². The Labute approximate surface area is 199 Å². The molecule has 2 heterocycles. The van der Waals surface area contributed by atoms with Crippen LogP contribution in [0.5, 0.6) is 0 Å². The lowest BCUT2D eigenvalue weighted by Crippen LogP contribution is -2.55. The molecular formula is C27H30FN5O. The first kappa shape index (κ1) is 22.4. The van der Waals surface area contributed by atoms with Crippen molar-refractivity contribution in [2.45, 2.75) is 56.7 Å². The van der Waals surface area contributed by atoms with Crippen LogP contribution in [-0.2, 0) is 0 Å². The van der Waals surface area contributed by atoms with Crippen molar-refractivity contribution in [2.24, 2.45) is 0 Å². The summed E-state index contributed by atoms with van der Waals surface area (Å²) in [4.78, 5) is 6.57. The molecule has 1 aromatic heterocycles. The smallest absolute Gasteiger partial charge is 0.295 e. The topological polar surface area (TPSA) is 77.1 Å². The first-order valence-electron chi connectivity index (χ1n) is 12.2. The minimum atomic E-state index is -0.324. The monoisotopic (exact) mass is 459 g/mol. The number of oxazole rings is 1. The van der Waals surface area contributed by atoms with Crippen LogP contribution in [0.3, 0.4) is 0 Å². The summed E-state index contributed by atoms with van der Waals surface area (Å²) in [5, 5.41) is 16.4. The molecule has 3 aromatic rings. The third kappa shape index (κ3) is 5.07. The van der Waals surface area contributed by atoms with Crippen molar-refractivity contribution >= 4 is 11.7 Å². The van der Waals surface area contributed by atoms with Gasteiger partial charge in [-0.15, -0.1) is 0 Å². The highest BCUT2D eigenvalue weighted by Gasteiger charge is 2.30. The highest BCUT2D eigenvalue weighted by Crippen LogP contribution is 2.28. The number of hydrogen-bond acceptors (Lipinski definition) is 6. The Balaban J connectivity index is 1.23. The fraction of sp³-hybridized carbons (Fsp3) is 0.407. The number of rotatable bonds is 6. The molecule has 0 radical (unpaired) electrons. The van der Waals surface area contributed by atoms with Crippen molar-refractivity contribution in [1.82, 2.24) is 10.3 Å². The standard InChI is InChI=1S/C27H30FN5O/c28-22-15-19(16-29)12-13-25(22)33-14-6-9-21(18-33)31-23-10-4-5-11-24(23)32-27-30-17-26(34-27)20-7-2-1-3-8-20/h1-3,7-8,12-13,15,17,21,23-24,31H,4-6,9-11,14,18H2,(H,30,32). The predicted octanol–water partition coefficient (Wildman–Crippen LogP) is 5.33. The molecule has 34 heavy (non-hydrogen) atoms. The van der Waals surface area contributed by atoms with Crippen LogP contribution in [-0.4, -0.2) is 36.2 Å². The van der Waals surface area contributed by atoms with Gasteiger partial charge in [-0.05, 0) is 43.9 Å². The van der Waals surface area contributed by atoms with E-state index in [0.717, 1.165) is 50.1 Å². The summed E-state index contributed by atoms with van der Waals surface area (Å²) in [6.07, 6.45) is 8.35. The number of hydrogen-bond donors (Lipinski definition) is 2. The maximum atomic E-state index is 14.6. The SMILES string of the molecule is N#Cc1ccc(N2CCCC(NC3CCCCC3Nc3ncc(-c4ccccc4)o3)C2)c(F)c1. The zero-order chi connectivity index (χ0) is 23.3. The van der Waals surface area contributed by atoms with E-state index in [-0.39, 0.29) is 17.9 Å². The van der Waals surface area contributed by atoms with E-state index in [9.17, 15) is 4.39 Å². The molecule has 3 atom stereocenters. The summed E-state index contributed by atoms with van der Waals surface area (Å²) in [6, 6.07) is 18.1. The van der Waals surface area contributed by atoms with Crippen LogP contribution in [0.15, 0.2) is 59.1 Å². The fourth-order valence-corrected chi connectivity index (χ4v) is 5.21. The molecule has 3 unspecified atom stereocenters. The van der Waals surface area contributed by atoms with Crippen molar-refractivity contribution in [1.29, 1.82) is 5.26 Å². The van der Waals surface area contributed by atoms with E-state index in [2.05, 4.69) is 20.5 Å². The average Bonchev–Trinajstić information content (AvgIpc) is 3.34. The summed E-state index contributed by atoms with van der Waals surface area (Å²) in [6.45, 7) is 1.58. The number of aromatic nitrogens is 1. The molecular weight excluding hydrogens is 429 g/mol. The van der Waals surface area contributed by atoms with Gasteiger partial charge in [0.05, 0.1) is 23.5 Å². The van der Waals surface area contributed by atoms with E-state index in [1.165, 1.54) is 18.9 Å². The third-order valence-corrected chi connectivity index (χ3v) is 6.93. The van der Waals surface area contributed by atoms with Gasteiger partial charge in [0.2, 0.25) is 0 Å². The lowest BCUT2D eigenvalue weighted by atomic mass is 9.89. The summed E-state index contributed by atoms with van der Waals surface area (Å²) in [5.74, 6) is 0.436. The second-order valence-electron chi connectivity index (χ2n) is 9.27. The minimum Gasteiger partial charge on any atom is -0.424 e. The highest BCUT2D eigenvalue weighted by molar-refractivity contribution is 5.57. The van der Waals surface area contributed by atoms with Crippen molar-refractivity contribution in [3.63, 3.8) is 0 Å². The van der Waals surface area contributed by atoms with Gasteiger partial charge in [-0.1, -0.05) is 43.2 Å². The number of halogens is 1. The fourth-order valence-electron chi connectivity index (χ4n) is 5.21. The Hall–Kier alpha value is -3.37. The van der Waals surface area contributed by atoms with Crippen LogP contribution in [0, 0.1) is 17.1 Å². The predicted molar refractivity (Wildman–Crippen MR) is 131 cm³/mol. The first-order valence-corrected chi connectivity index (χ1v) is 12.2. The van der Waals surface area contributed by atoms with Gasteiger partial charge in [-0.25, -0.2) is 9.37 Å². The Kier molecular flexibility index (Phi) is 6.77. The van der Waals surface area contributed by atoms with E-state index in [0.29, 0.717) is 23.3 Å². The molecule has 2 aliphatic rings. The number of nitrogens with zero attached hydrogens (tertiary/aromatic N) is 3. The molecule has 5 rings (SSSR count). The molecule has 1 aliphatic carbocycles. The number of anilines is 2. The molecule has 2 N–H and O–H groups in total. The molecule has 1 saturated carbocycles. The molecule has 176 valence electrons. The Morgan fingerprint density at radius 3 is 2.65 bits per heavy atom. The van der Waals surface area contributed by atoms with E-state index >= 15 is 0 Å². The minimum absolute atomic E-state index is 0.234. The lowest BCUT2D eigenvalue weighted by Gasteiger charge is -2.40. The van der Waals surface area contributed by atoms with Gasteiger partial charge in [0.1, 0.15) is 5.82 Å². The van der Waals surface area contributed by atoms with Gasteiger partial charge in [-0.3, -0.25) is 0 Å². The molecule has 6 nitrogen and oxygen atoms in total. The maximum absolute atomic E-state index is 14.6. The Morgan fingerprint density at radius 2 is 1.85 bits per heavy atom. The summed E-state index contributed by atoms with van der Waals surface area (Å²) in [5.41, 5.74) is 1.95. The summed E-state index contributed by atoms with van der Waals surface area (Å²) >= 11 is 0. The first-order chi connectivity index (χ1) is 16.7. The van der Waals surface area contributed by atoms with Crippen LogP contribution in [0.4, 0.5) is 16.1 Å². The van der Waals surface area contributed by atoms with Crippen LogP contribution in [0.2, 0.25) is 0 Å². The molecule has 2 aromatic carbocycles. The Morgan fingerprint density at radius 1 is 1.03 bits per heavy atom. The van der Waals surface area contributed by atoms with Gasteiger partial charge in [0, 0.05) is 36.8 Å². The normalized spacial score (nSPS) is 22.8. The molecule has 0 bridgehead atoms. The molecule has 1 aliphatic heterocycles. The van der Waals surface area contributed by atoms with Gasteiger partial charge in [0.15, 0.2) is 5.76 Å². The number of piperidine rings is 1. The van der Waals surface area contributed by atoms with Gasteiger partial charge < -0.3 is 20.0 Å². The van der Waals surface area contributed by atoms with Gasteiger partial charge in [-0.2, -0.15) is 5.26 Å². The molecule has 0 amide bonds. The summed E-state index contributed by atoms with van der Waals surface area (Å²) in [7, 11) is 0. The van der Waals surface area contributed by atoms with Crippen LogP contribution in [0.1, 0.15) is 44.1 Å². The van der Waals surface area contributed by atoms with Gasteiger partial charge >= 0.3 is 0 Å². The highest BCUT2D eigenvalue weighted by atomic mass is 19.1. The van der Waals surface area contributed by atoms with E-state index in [1.807, 2.05) is 36.4 Å². The maximum Gasteiger partial charge on any atom is 0.295 e. The van der Waals surface area contributed by atoms with Crippen molar-refractivity contribution < 1.29 is 8.81 Å². The Bertz CT molecular complexity index is 1140. The molecule has 1 saturated heterocycles. The second-order valence-corrected chi connectivity index (χ2v) is 9.27. The van der Waals surface area contributed by atoms with Crippen LogP contribution in [0.25, 0.3) is 11.3 Å². The van der Waals surface area contributed by atoms with Crippen LogP contribution < -0.4 is 15.5 Å². The quantitative estimate of drug-likeness (QED) is 0.519. The van der Waals surface area contributed by atoms with E-state index in [4.69, 9.17) is 9.68 Å². The molecule has 7 heteroatoms. The largest absolute Gasteiger partial charge is 0.424 e. The zero-order valence-electron chi connectivity index (χ0n) is 19.2. The van der Waals surface area contributed by atoms with Gasteiger partial charge in [0.25, 0.3) is 6.01 Å². The third-order valence-electron chi connectivity index (χ3n) is 6.93. The van der Waals surface area contributed by atoms with Crippen molar-refractivity contribution in [2.75, 3.05) is 23.3 Å². The number of nitriles is 1. The average molecular weight is 460 g/mol. The van der Waals surface area contributed by atoms with Crippen molar-refractivity contribution in [3.8, 4) is 17.4 Å². The lowest BCUT2D eigenvalue weighted by molar-refractivity contribution is 0.290.